The molecule has 1 aliphatic rings. The predicted octanol–water partition coefficient (Wildman–Crippen LogP) is 5.79. The predicted molar refractivity (Wildman–Crippen MR) is 137 cm³/mol. The molecule has 3 aromatic rings. The fourth-order valence-electron chi connectivity index (χ4n) is 4.28. The van der Waals surface area contributed by atoms with Crippen molar-refractivity contribution in [3.05, 3.63) is 87.9 Å². The lowest BCUT2D eigenvalue weighted by atomic mass is 9.98. The number of halogens is 1. The average Bonchev–Trinajstić information content (AvgIpc) is 3.17. The summed E-state index contributed by atoms with van der Waals surface area (Å²) in [4.78, 5) is 36.2. The van der Waals surface area contributed by atoms with Crippen LogP contribution in [0, 0.1) is 0 Å². The molecule has 0 spiro atoms. The number of carboxylic acid groups (broad SMARTS) is 1. The minimum atomic E-state index is -0.981. The molecule has 1 unspecified atom stereocenters. The number of rotatable bonds is 8. The van der Waals surface area contributed by atoms with Crippen molar-refractivity contribution in [2.24, 2.45) is 0 Å². The van der Waals surface area contributed by atoms with Gasteiger partial charge in [0.1, 0.15) is 6.61 Å². The number of carbonyl (C=O) groups is 3. The van der Waals surface area contributed by atoms with Gasteiger partial charge >= 0.3 is 12.1 Å². The fourth-order valence-corrected chi connectivity index (χ4v) is 4.63. The highest BCUT2D eigenvalue weighted by molar-refractivity contribution is 9.10. The Morgan fingerprint density at radius 2 is 1.63 bits per heavy atom. The van der Waals surface area contributed by atoms with E-state index in [-0.39, 0.29) is 18.9 Å². The van der Waals surface area contributed by atoms with Gasteiger partial charge in [-0.25, -0.2) is 4.79 Å². The summed E-state index contributed by atoms with van der Waals surface area (Å²) in [5, 5.41) is 14.4. The number of amides is 2. The Balaban J connectivity index is 1.43. The van der Waals surface area contributed by atoms with Crippen molar-refractivity contribution in [2.75, 3.05) is 11.9 Å². The van der Waals surface area contributed by atoms with Gasteiger partial charge in [0.15, 0.2) is 0 Å². The minimum Gasteiger partial charge on any atom is -0.481 e. The number of carbonyl (C=O) groups excluding carboxylic acids is 2. The number of fused-ring (bicyclic) bond motifs is 3. The van der Waals surface area contributed by atoms with E-state index < -0.39 is 24.0 Å². The van der Waals surface area contributed by atoms with E-state index in [2.05, 4.69) is 38.7 Å². The molecule has 3 N–H and O–H groups in total. The number of benzene rings is 3. The van der Waals surface area contributed by atoms with Crippen LogP contribution in [0.3, 0.4) is 0 Å². The summed E-state index contributed by atoms with van der Waals surface area (Å²) >= 11 is 3.39. The Bertz CT molecular complexity index is 1230. The van der Waals surface area contributed by atoms with Gasteiger partial charge < -0.3 is 15.2 Å². The van der Waals surface area contributed by atoms with E-state index in [0.717, 1.165) is 22.3 Å². The van der Waals surface area contributed by atoms with Crippen LogP contribution in [0.1, 0.15) is 47.2 Å². The molecule has 0 saturated heterocycles. The van der Waals surface area contributed by atoms with E-state index >= 15 is 0 Å². The first-order valence-corrected chi connectivity index (χ1v) is 12.1. The third-order valence-corrected chi connectivity index (χ3v) is 6.75. The SMILES string of the molecule is CCC(CC(=O)O)NC(=O)c1ccc(Br)c(NC(=O)OCC2c3ccccc3-c3ccccc32)c1. The lowest BCUT2D eigenvalue weighted by molar-refractivity contribution is -0.137. The van der Waals surface area contributed by atoms with Crippen LogP contribution in [0.15, 0.2) is 71.2 Å². The van der Waals surface area contributed by atoms with Crippen molar-refractivity contribution in [3.8, 4) is 11.1 Å². The minimum absolute atomic E-state index is 0.0612. The van der Waals surface area contributed by atoms with Crippen LogP contribution in [-0.4, -0.2) is 35.7 Å². The van der Waals surface area contributed by atoms with Gasteiger partial charge in [-0.2, -0.15) is 0 Å². The maximum Gasteiger partial charge on any atom is 0.411 e. The second kappa shape index (κ2) is 10.7. The lowest BCUT2D eigenvalue weighted by Crippen LogP contribution is -2.36. The highest BCUT2D eigenvalue weighted by atomic mass is 79.9. The lowest BCUT2D eigenvalue weighted by Gasteiger charge is -2.16. The number of nitrogens with one attached hydrogen (secondary N) is 2. The zero-order chi connectivity index (χ0) is 24.9. The summed E-state index contributed by atoms with van der Waals surface area (Å²) in [6, 6.07) is 20.5. The topological polar surface area (TPSA) is 105 Å². The fraction of sp³-hybridized carbons (Fsp3) is 0.222. The second-order valence-corrected chi connectivity index (χ2v) is 9.18. The summed E-state index contributed by atoms with van der Waals surface area (Å²) in [6.45, 7) is 1.98. The van der Waals surface area contributed by atoms with Gasteiger partial charge in [-0.15, -0.1) is 0 Å². The highest BCUT2D eigenvalue weighted by Gasteiger charge is 2.29. The molecule has 180 valence electrons. The van der Waals surface area contributed by atoms with Crippen LogP contribution in [0.5, 0.6) is 0 Å². The molecule has 4 rings (SSSR count). The van der Waals surface area contributed by atoms with E-state index in [1.54, 1.807) is 19.1 Å². The molecule has 1 aliphatic carbocycles. The van der Waals surface area contributed by atoms with Crippen LogP contribution in [-0.2, 0) is 9.53 Å². The Labute approximate surface area is 211 Å². The van der Waals surface area contributed by atoms with E-state index in [1.165, 1.54) is 6.07 Å². The molecule has 0 fully saturated rings. The van der Waals surface area contributed by atoms with E-state index in [9.17, 15) is 14.4 Å². The number of ether oxygens (including phenoxy) is 1. The maximum atomic E-state index is 12.7. The van der Waals surface area contributed by atoms with Crippen molar-refractivity contribution in [1.29, 1.82) is 0 Å². The molecular formula is C27H25BrN2O5. The molecule has 0 bridgehead atoms. The number of aliphatic carboxylic acids is 1. The largest absolute Gasteiger partial charge is 0.481 e. The zero-order valence-corrected chi connectivity index (χ0v) is 20.7. The molecule has 35 heavy (non-hydrogen) atoms. The normalized spacial score (nSPS) is 12.9. The molecule has 3 aromatic carbocycles. The molecule has 0 aliphatic heterocycles. The molecule has 1 atom stereocenters. The molecule has 8 heteroatoms. The van der Waals surface area contributed by atoms with E-state index in [1.807, 2.05) is 36.4 Å². The van der Waals surface area contributed by atoms with Crippen molar-refractivity contribution in [1.82, 2.24) is 5.32 Å². The molecular weight excluding hydrogens is 512 g/mol. The number of anilines is 1. The first kappa shape index (κ1) is 24.5. The Kier molecular flexibility index (Phi) is 7.51. The van der Waals surface area contributed by atoms with Crippen molar-refractivity contribution in [2.45, 2.75) is 31.7 Å². The maximum absolute atomic E-state index is 12.7. The van der Waals surface area contributed by atoms with Crippen molar-refractivity contribution in [3.63, 3.8) is 0 Å². The Morgan fingerprint density at radius 1 is 1.00 bits per heavy atom. The smallest absolute Gasteiger partial charge is 0.411 e. The van der Waals surface area contributed by atoms with E-state index in [0.29, 0.717) is 22.1 Å². The third kappa shape index (κ3) is 5.54. The number of hydrogen-bond donors (Lipinski definition) is 3. The van der Waals surface area contributed by atoms with Gasteiger partial charge in [0.05, 0.1) is 12.1 Å². The van der Waals surface area contributed by atoms with Crippen molar-refractivity contribution < 1.29 is 24.2 Å². The zero-order valence-electron chi connectivity index (χ0n) is 19.1. The van der Waals surface area contributed by atoms with E-state index in [4.69, 9.17) is 9.84 Å². The standard InChI is InChI=1S/C27H25BrN2O5/c1-2-17(14-25(31)32)29-26(33)16-11-12-23(28)24(13-16)30-27(34)35-15-22-20-9-5-3-7-18(20)19-8-4-6-10-21(19)22/h3-13,17,22H,2,14-15H2,1H3,(H,29,33)(H,30,34)(H,31,32). The van der Waals surface area contributed by atoms with Crippen LogP contribution in [0.25, 0.3) is 11.1 Å². The van der Waals surface area contributed by atoms with Gasteiger partial charge in [-0.05, 0) is 62.8 Å². The highest BCUT2D eigenvalue weighted by Crippen LogP contribution is 2.44. The molecule has 0 saturated carbocycles. The van der Waals surface area contributed by atoms with Crippen molar-refractivity contribution >= 4 is 39.6 Å². The van der Waals surface area contributed by atoms with Gasteiger partial charge in [0.25, 0.3) is 5.91 Å². The van der Waals surface area contributed by atoms with Gasteiger partial charge in [-0.1, -0.05) is 55.5 Å². The number of carboxylic acids is 1. The Morgan fingerprint density at radius 3 is 2.23 bits per heavy atom. The first-order chi connectivity index (χ1) is 16.9. The summed E-state index contributed by atoms with van der Waals surface area (Å²) < 4.78 is 6.17. The summed E-state index contributed by atoms with van der Waals surface area (Å²) in [5.41, 5.74) is 5.20. The average molecular weight is 537 g/mol. The van der Waals surface area contributed by atoms with Crippen LogP contribution in [0.4, 0.5) is 10.5 Å². The van der Waals surface area contributed by atoms with Crippen LogP contribution >= 0.6 is 15.9 Å². The number of hydrogen-bond acceptors (Lipinski definition) is 4. The molecule has 0 radical (unpaired) electrons. The van der Waals surface area contributed by atoms with Gasteiger partial charge in [0, 0.05) is 22.0 Å². The first-order valence-electron chi connectivity index (χ1n) is 11.3. The summed E-state index contributed by atoms with van der Waals surface area (Å²) in [5.74, 6) is -1.46. The molecule has 2 amide bonds. The summed E-state index contributed by atoms with van der Waals surface area (Å²) in [7, 11) is 0. The second-order valence-electron chi connectivity index (χ2n) is 8.32. The monoisotopic (exact) mass is 536 g/mol. The van der Waals surface area contributed by atoms with Crippen LogP contribution < -0.4 is 10.6 Å². The van der Waals surface area contributed by atoms with Gasteiger partial charge in [-0.3, -0.25) is 14.9 Å². The summed E-state index contributed by atoms with van der Waals surface area (Å²) in [6.07, 6.45) is -0.314. The Hall–Kier alpha value is -3.65. The van der Waals surface area contributed by atoms with Gasteiger partial charge in [0.2, 0.25) is 0 Å². The molecule has 7 nitrogen and oxygen atoms in total. The molecule has 0 heterocycles. The van der Waals surface area contributed by atoms with Crippen LogP contribution in [0.2, 0.25) is 0 Å². The molecule has 0 aromatic heterocycles. The quantitative estimate of drug-likeness (QED) is 0.337. The third-order valence-electron chi connectivity index (χ3n) is 6.06.